The first-order valence-electron chi connectivity index (χ1n) is 7.20. The fraction of sp³-hybridized carbons (Fsp3) is 0.250. The molecule has 0 amide bonds. The average Bonchev–Trinajstić information content (AvgIpc) is 2.51. The predicted octanol–water partition coefficient (Wildman–Crippen LogP) is 3.08. The van der Waals surface area contributed by atoms with Crippen molar-refractivity contribution in [2.24, 2.45) is 5.14 Å². The molecule has 0 aromatic heterocycles. The molecular weight excluding hydrogens is 339 g/mol. The Labute approximate surface area is 139 Å². The topological polar surface area (TPSA) is 63.4 Å². The first-order chi connectivity index (χ1) is 10.9. The van der Waals surface area contributed by atoms with Gasteiger partial charge in [-0.3, -0.25) is 0 Å². The van der Waals surface area contributed by atoms with E-state index in [0.717, 1.165) is 24.1 Å². The van der Waals surface area contributed by atoms with E-state index in [9.17, 15) is 12.8 Å². The van der Waals surface area contributed by atoms with Gasteiger partial charge in [0.2, 0.25) is 10.0 Å². The third kappa shape index (κ3) is 3.34. The summed E-state index contributed by atoms with van der Waals surface area (Å²) in [5.41, 5.74) is 2.29. The zero-order valence-corrected chi connectivity index (χ0v) is 13.9. The lowest BCUT2D eigenvalue weighted by Crippen LogP contribution is -2.29. The van der Waals surface area contributed by atoms with Crippen LogP contribution in [0.2, 0.25) is 5.02 Å². The zero-order valence-electron chi connectivity index (χ0n) is 12.3. The first-order valence-corrected chi connectivity index (χ1v) is 9.12. The van der Waals surface area contributed by atoms with Crippen LogP contribution in [0, 0.1) is 5.82 Å². The molecule has 0 saturated heterocycles. The molecule has 0 atom stereocenters. The monoisotopic (exact) mass is 354 g/mol. The molecule has 0 unspecified atom stereocenters. The van der Waals surface area contributed by atoms with Crippen LogP contribution in [0.4, 0.5) is 10.1 Å². The third-order valence-corrected chi connectivity index (χ3v) is 5.20. The highest BCUT2D eigenvalue weighted by Crippen LogP contribution is 2.31. The van der Waals surface area contributed by atoms with E-state index < -0.39 is 15.8 Å². The standard InChI is InChI=1S/C16H16ClFN2O2S/c17-14-5-1-3-12(16(14)18)10-20-8-2-4-11-6-7-13(9-15(11)20)23(19,21)22/h1,3,5-7,9H,2,4,8,10H2,(H2,19,21,22). The molecule has 2 aromatic rings. The predicted molar refractivity (Wildman–Crippen MR) is 88.6 cm³/mol. The van der Waals surface area contributed by atoms with Crippen molar-refractivity contribution in [2.75, 3.05) is 11.4 Å². The summed E-state index contributed by atoms with van der Waals surface area (Å²) in [5.74, 6) is -0.441. The van der Waals surface area contributed by atoms with Gasteiger partial charge >= 0.3 is 0 Å². The summed E-state index contributed by atoms with van der Waals surface area (Å²) in [6, 6.07) is 9.73. The van der Waals surface area contributed by atoms with Crippen LogP contribution in [0.5, 0.6) is 0 Å². The van der Waals surface area contributed by atoms with Crippen molar-refractivity contribution in [2.45, 2.75) is 24.3 Å². The normalized spacial score (nSPS) is 14.7. The second kappa shape index (κ2) is 6.11. The van der Waals surface area contributed by atoms with Crippen LogP contribution in [-0.2, 0) is 23.0 Å². The molecule has 0 saturated carbocycles. The highest BCUT2D eigenvalue weighted by atomic mass is 35.5. The van der Waals surface area contributed by atoms with Gasteiger partial charge in [-0.05, 0) is 36.6 Å². The van der Waals surface area contributed by atoms with Gasteiger partial charge in [0.25, 0.3) is 0 Å². The van der Waals surface area contributed by atoms with Gasteiger partial charge in [-0.1, -0.05) is 29.8 Å². The summed E-state index contributed by atoms with van der Waals surface area (Å²) in [6.45, 7) is 1.04. The Morgan fingerprint density at radius 1 is 1.26 bits per heavy atom. The number of halogens is 2. The highest BCUT2D eigenvalue weighted by Gasteiger charge is 2.21. The second-order valence-electron chi connectivity index (χ2n) is 5.57. The number of anilines is 1. The van der Waals surface area contributed by atoms with E-state index >= 15 is 0 Å². The zero-order chi connectivity index (χ0) is 16.6. The number of aryl methyl sites for hydroxylation is 1. The molecule has 0 fully saturated rings. The molecule has 2 aromatic carbocycles. The van der Waals surface area contributed by atoms with Crippen LogP contribution in [0.25, 0.3) is 0 Å². The van der Waals surface area contributed by atoms with Gasteiger partial charge < -0.3 is 4.90 Å². The quantitative estimate of drug-likeness (QED) is 0.921. The first kappa shape index (κ1) is 16.2. The molecule has 1 aliphatic heterocycles. The Hall–Kier alpha value is -1.63. The van der Waals surface area contributed by atoms with Crippen molar-refractivity contribution in [3.63, 3.8) is 0 Å². The van der Waals surface area contributed by atoms with E-state index in [1.54, 1.807) is 24.3 Å². The van der Waals surface area contributed by atoms with Crippen molar-refractivity contribution in [3.05, 3.63) is 58.4 Å². The van der Waals surface area contributed by atoms with Gasteiger partial charge in [0.05, 0.1) is 9.92 Å². The molecule has 7 heteroatoms. The fourth-order valence-corrected chi connectivity index (χ4v) is 3.58. The number of rotatable bonds is 3. The van der Waals surface area contributed by atoms with Crippen molar-refractivity contribution >= 4 is 27.3 Å². The minimum absolute atomic E-state index is 0.0646. The molecule has 122 valence electrons. The van der Waals surface area contributed by atoms with Crippen molar-refractivity contribution in [3.8, 4) is 0 Å². The molecule has 23 heavy (non-hydrogen) atoms. The van der Waals surface area contributed by atoms with Crippen LogP contribution in [0.15, 0.2) is 41.3 Å². The Balaban J connectivity index is 1.99. The Morgan fingerprint density at radius 3 is 2.78 bits per heavy atom. The Bertz CT molecular complexity index is 855. The van der Waals surface area contributed by atoms with Crippen LogP contribution in [0.3, 0.4) is 0 Å². The van der Waals surface area contributed by atoms with Crippen LogP contribution in [0.1, 0.15) is 17.5 Å². The lowest BCUT2D eigenvalue weighted by atomic mass is 10.0. The van der Waals surface area contributed by atoms with E-state index in [4.69, 9.17) is 16.7 Å². The SMILES string of the molecule is NS(=O)(=O)c1ccc2c(c1)N(Cc1cccc(Cl)c1F)CCC2. The number of hydrogen-bond acceptors (Lipinski definition) is 3. The third-order valence-electron chi connectivity index (χ3n) is 3.99. The maximum absolute atomic E-state index is 14.1. The van der Waals surface area contributed by atoms with Gasteiger partial charge in [-0.15, -0.1) is 0 Å². The lowest BCUT2D eigenvalue weighted by Gasteiger charge is -2.32. The van der Waals surface area contributed by atoms with Crippen LogP contribution >= 0.6 is 11.6 Å². The number of primary sulfonamides is 1. The lowest BCUT2D eigenvalue weighted by molar-refractivity contribution is 0.594. The van der Waals surface area contributed by atoms with Crippen molar-refractivity contribution in [1.82, 2.24) is 0 Å². The van der Waals surface area contributed by atoms with Crippen molar-refractivity contribution in [1.29, 1.82) is 0 Å². The van der Waals surface area contributed by atoms with Gasteiger partial charge in [0.1, 0.15) is 5.82 Å². The Kier molecular flexibility index (Phi) is 4.31. The average molecular weight is 355 g/mol. The van der Waals surface area contributed by atoms with E-state index in [2.05, 4.69) is 0 Å². The molecule has 3 rings (SSSR count). The highest BCUT2D eigenvalue weighted by molar-refractivity contribution is 7.89. The van der Waals surface area contributed by atoms with E-state index in [1.165, 1.54) is 12.1 Å². The molecule has 0 radical (unpaired) electrons. The summed E-state index contributed by atoms with van der Waals surface area (Å²) < 4.78 is 37.3. The van der Waals surface area contributed by atoms with Gasteiger partial charge in [-0.25, -0.2) is 17.9 Å². The maximum atomic E-state index is 14.1. The number of hydrogen-bond donors (Lipinski definition) is 1. The summed E-state index contributed by atoms with van der Waals surface area (Å²) in [5, 5.41) is 5.29. The number of nitrogens with two attached hydrogens (primary N) is 1. The number of nitrogens with zero attached hydrogens (tertiary/aromatic N) is 1. The maximum Gasteiger partial charge on any atom is 0.238 e. The summed E-state index contributed by atoms with van der Waals surface area (Å²) >= 11 is 5.83. The summed E-state index contributed by atoms with van der Waals surface area (Å²) in [6.07, 6.45) is 1.78. The van der Waals surface area contributed by atoms with E-state index in [0.29, 0.717) is 18.7 Å². The molecule has 0 bridgehead atoms. The number of sulfonamides is 1. The minimum atomic E-state index is -3.77. The van der Waals surface area contributed by atoms with E-state index in [-0.39, 0.29) is 9.92 Å². The van der Waals surface area contributed by atoms with Crippen LogP contribution in [-0.4, -0.2) is 15.0 Å². The van der Waals surface area contributed by atoms with Gasteiger partial charge in [-0.2, -0.15) is 0 Å². The molecule has 0 spiro atoms. The molecule has 0 aliphatic carbocycles. The number of benzene rings is 2. The van der Waals surface area contributed by atoms with Crippen LogP contribution < -0.4 is 10.0 Å². The molecule has 1 aliphatic rings. The van der Waals surface area contributed by atoms with E-state index in [1.807, 2.05) is 4.90 Å². The Morgan fingerprint density at radius 2 is 2.04 bits per heavy atom. The van der Waals surface area contributed by atoms with Crippen molar-refractivity contribution < 1.29 is 12.8 Å². The largest absolute Gasteiger partial charge is 0.367 e. The molecular formula is C16H16ClFN2O2S. The molecule has 2 N–H and O–H groups in total. The summed E-state index contributed by atoms with van der Waals surface area (Å²) in [7, 11) is -3.77. The molecule has 1 heterocycles. The fourth-order valence-electron chi connectivity index (χ4n) is 2.85. The second-order valence-corrected chi connectivity index (χ2v) is 7.54. The summed E-state index contributed by atoms with van der Waals surface area (Å²) in [4.78, 5) is 2.03. The van der Waals surface area contributed by atoms with Gasteiger partial charge in [0.15, 0.2) is 0 Å². The number of fused-ring (bicyclic) bond motifs is 1. The smallest absolute Gasteiger partial charge is 0.238 e. The molecule has 4 nitrogen and oxygen atoms in total. The minimum Gasteiger partial charge on any atom is -0.367 e. The van der Waals surface area contributed by atoms with Gasteiger partial charge in [0, 0.05) is 24.3 Å².